The normalized spacial score (nSPS) is 13.6. The van der Waals surface area contributed by atoms with Crippen molar-refractivity contribution in [3.63, 3.8) is 0 Å². The number of nitrogens with zero attached hydrogens (tertiary/aromatic N) is 2. The molecule has 0 radical (unpaired) electrons. The number of carbonyl (C=O) groups excluding carboxylic acids is 2. The lowest BCUT2D eigenvalue weighted by molar-refractivity contribution is -0.149. The number of carbonyl (C=O) groups is 2. The van der Waals surface area contributed by atoms with Gasteiger partial charge in [0.05, 0.1) is 5.71 Å². The lowest BCUT2D eigenvalue weighted by atomic mass is 10.1. The van der Waals surface area contributed by atoms with Crippen molar-refractivity contribution < 1.29 is 19.8 Å². The maximum Gasteiger partial charge on any atom is 0.256 e. The molecule has 0 aliphatic rings. The summed E-state index contributed by atoms with van der Waals surface area (Å²) in [5.74, 6) is -1.63. The third-order valence-corrected chi connectivity index (χ3v) is 3.16. The monoisotopic (exact) mass is 334 g/mol. The lowest BCUT2D eigenvalue weighted by Crippen LogP contribution is -2.47. The highest BCUT2D eigenvalue weighted by molar-refractivity contribution is 6.00. The summed E-state index contributed by atoms with van der Waals surface area (Å²) < 4.78 is 0. The smallest absolute Gasteiger partial charge is 0.256 e. The van der Waals surface area contributed by atoms with Crippen LogP contribution in [0.15, 0.2) is 42.1 Å². The van der Waals surface area contributed by atoms with Crippen LogP contribution in [0.3, 0.4) is 0 Å². The molecule has 0 bridgehead atoms. The Morgan fingerprint density at radius 2 is 1.79 bits per heavy atom. The van der Waals surface area contributed by atoms with Gasteiger partial charge in [-0.15, -0.1) is 0 Å². The van der Waals surface area contributed by atoms with Crippen molar-refractivity contribution in [1.82, 2.24) is 10.3 Å². The number of hydrogen-bond acceptors (Lipinski definition) is 6. The SMILES string of the molecule is C=CN/N=C(\C)c1ccc(NC(=O)C(O)C(O)C(=O)N(C)C)cc1. The van der Waals surface area contributed by atoms with Crippen LogP contribution in [0, 0.1) is 0 Å². The molecule has 8 nitrogen and oxygen atoms in total. The van der Waals surface area contributed by atoms with Gasteiger partial charge in [0.15, 0.2) is 12.2 Å². The maximum absolute atomic E-state index is 11.9. The molecule has 1 aromatic carbocycles. The summed E-state index contributed by atoms with van der Waals surface area (Å²) in [6, 6.07) is 6.69. The van der Waals surface area contributed by atoms with E-state index in [1.165, 1.54) is 20.3 Å². The summed E-state index contributed by atoms with van der Waals surface area (Å²) in [5.41, 5.74) is 4.59. The van der Waals surface area contributed by atoms with E-state index in [4.69, 9.17) is 0 Å². The van der Waals surface area contributed by atoms with Crippen LogP contribution in [0.5, 0.6) is 0 Å². The molecule has 130 valence electrons. The van der Waals surface area contributed by atoms with Crippen LogP contribution in [-0.4, -0.2) is 58.9 Å². The highest BCUT2D eigenvalue weighted by Gasteiger charge is 2.31. The van der Waals surface area contributed by atoms with E-state index in [1.54, 1.807) is 31.2 Å². The maximum atomic E-state index is 11.9. The molecule has 0 aliphatic heterocycles. The summed E-state index contributed by atoms with van der Waals surface area (Å²) in [6.45, 7) is 5.29. The first-order valence-electron chi connectivity index (χ1n) is 7.17. The number of rotatable bonds is 7. The first-order valence-corrected chi connectivity index (χ1v) is 7.17. The Morgan fingerprint density at radius 1 is 1.21 bits per heavy atom. The minimum atomic E-state index is -1.86. The molecular formula is C16H22N4O4. The number of aliphatic hydroxyl groups is 2. The van der Waals surface area contributed by atoms with Crippen molar-refractivity contribution in [2.75, 3.05) is 19.4 Å². The molecule has 0 saturated heterocycles. The summed E-state index contributed by atoms with van der Waals surface area (Å²) in [7, 11) is 2.83. The van der Waals surface area contributed by atoms with Crippen LogP contribution in [0.4, 0.5) is 5.69 Å². The van der Waals surface area contributed by atoms with E-state index in [2.05, 4.69) is 22.4 Å². The van der Waals surface area contributed by atoms with Gasteiger partial charge in [0.2, 0.25) is 0 Å². The number of hydrogen-bond donors (Lipinski definition) is 4. The van der Waals surface area contributed by atoms with Gasteiger partial charge >= 0.3 is 0 Å². The quantitative estimate of drug-likeness (QED) is 0.410. The summed E-state index contributed by atoms with van der Waals surface area (Å²) in [5, 5.41) is 25.9. The average molecular weight is 334 g/mol. The molecule has 1 rings (SSSR count). The molecule has 0 spiro atoms. The Bertz CT molecular complexity index is 625. The van der Waals surface area contributed by atoms with Gasteiger partial charge in [-0.2, -0.15) is 5.10 Å². The Hall–Kier alpha value is -2.71. The van der Waals surface area contributed by atoms with E-state index in [0.29, 0.717) is 5.69 Å². The van der Waals surface area contributed by atoms with Gasteiger partial charge < -0.3 is 20.4 Å². The fourth-order valence-corrected chi connectivity index (χ4v) is 1.76. The summed E-state index contributed by atoms with van der Waals surface area (Å²) in [6.07, 6.45) is -2.24. The van der Waals surface area contributed by atoms with Crippen molar-refractivity contribution in [3.8, 4) is 0 Å². The van der Waals surface area contributed by atoms with Crippen molar-refractivity contribution in [1.29, 1.82) is 0 Å². The number of likely N-dealkylation sites (N-methyl/N-ethyl adjacent to an activating group) is 1. The van der Waals surface area contributed by atoms with Gasteiger partial charge in [-0.05, 0) is 24.6 Å². The van der Waals surface area contributed by atoms with E-state index in [0.717, 1.165) is 16.2 Å². The average Bonchev–Trinajstić information content (AvgIpc) is 2.58. The minimum absolute atomic E-state index is 0.414. The molecule has 24 heavy (non-hydrogen) atoms. The van der Waals surface area contributed by atoms with Gasteiger partial charge in [-0.3, -0.25) is 15.0 Å². The molecule has 4 N–H and O–H groups in total. The van der Waals surface area contributed by atoms with Crippen LogP contribution in [0.25, 0.3) is 0 Å². The van der Waals surface area contributed by atoms with Crippen molar-refractivity contribution >= 4 is 23.2 Å². The van der Waals surface area contributed by atoms with Crippen LogP contribution in [0.2, 0.25) is 0 Å². The lowest BCUT2D eigenvalue weighted by Gasteiger charge is -2.20. The van der Waals surface area contributed by atoms with E-state index in [-0.39, 0.29) is 0 Å². The summed E-state index contributed by atoms with van der Waals surface area (Å²) >= 11 is 0. The van der Waals surface area contributed by atoms with Gasteiger partial charge in [0.1, 0.15) is 0 Å². The Balaban J connectivity index is 2.74. The largest absolute Gasteiger partial charge is 0.380 e. The number of nitrogens with one attached hydrogen (secondary N) is 2. The molecule has 2 atom stereocenters. The number of amides is 2. The van der Waals surface area contributed by atoms with Crippen LogP contribution >= 0.6 is 0 Å². The highest BCUT2D eigenvalue weighted by Crippen LogP contribution is 2.11. The first-order chi connectivity index (χ1) is 11.3. The van der Waals surface area contributed by atoms with Crippen molar-refractivity contribution in [3.05, 3.63) is 42.6 Å². The molecule has 0 aliphatic carbocycles. The van der Waals surface area contributed by atoms with E-state index < -0.39 is 24.0 Å². The summed E-state index contributed by atoms with van der Waals surface area (Å²) in [4.78, 5) is 24.6. The standard InChI is InChI=1S/C16H22N4O4/c1-5-17-19-10(2)11-6-8-12(9-7-11)18-15(23)13(21)14(22)16(24)20(3)4/h5-9,13-14,17,21-22H,1H2,2-4H3,(H,18,23)/b19-10+. The fourth-order valence-electron chi connectivity index (χ4n) is 1.76. The van der Waals surface area contributed by atoms with E-state index in [1.807, 2.05) is 0 Å². The number of aliphatic hydroxyl groups excluding tert-OH is 2. The number of anilines is 1. The van der Waals surface area contributed by atoms with E-state index in [9.17, 15) is 19.8 Å². The highest BCUT2D eigenvalue weighted by atomic mass is 16.3. The Morgan fingerprint density at radius 3 is 2.29 bits per heavy atom. The van der Waals surface area contributed by atoms with Gasteiger partial charge in [-0.1, -0.05) is 18.7 Å². The Kier molecular flexibility index (Phi) is 7.09. The molecule has 0 saturated carbocycles. The predicted octanol–water partition coefficient (Wildman–Crippen LogP) is -0.108. The Labute approximate surface area is 140 Å². The van der Waals surface area contributed by atoms with Gasteiger partial charge in [0, 0.05) is 26.0 Å². The second-order valence-electron chi connectivity index (χ2n) is 5.22. The fraction of sp³-hybridized carbons (Fsp3) is 0.312. The predicted molar refractivity (Wildman–Crippen MR) is 91.3 cm³/mol. The third-order valence-electron chi connectivity index (χ3n) is 3.16. The molecule has 2 unspecified atom stereocenters. The van der Waals surface area contributed by atoms with Crippen LogP contribution < -0.4 is 10.7 Å². The zero-order valence-electron chi connectivity index (χ0n) is 13.9. The minimum Gasteiger partial charge on any atom is -0.380 e. The molecular weight excluding hydrogens is 312 g/mol. The van der Waals surface area contributed by atoms with Crippen molar-refractivity contribution in [2.45, 2.75) is 19.1 Å². The number of benzene rings is 1. The number of hydrazone groups is 1. The molecule has 0 heterocycles. The molecule has 0 aromatic heterocycles. The van der Waals surface area contributed by atoms with Crippen LogP contribution in [0.1, 0.15) is 12.5 Å². The second-order valence-corrected chi connectivity index (χ2v) is 5.22. The second kappa shape index (κ2) is 8.80. The van der Waals surface area contributed by atoms with Crippen LogP contribution in [-0.2, 0) is 9.59 Å². The zero-order valence-corrected chi connectivity index (χ0v) is 13.9. The van der Waals surface area contributed by atoms with E-state index >= 15 is 0 Å². The van der Waals surface area contributed by atoms with Gasteiger partial charge in [0.25, 0.3) is 11.8 Å². The molecule has 0 fully saturated rings. The van der Waals surface area contributed by atoms with Gasteiger partial charge in [-0.25, -0.2) is 0 Å². The zero-order chi connectivity index (χ0) is 18.3. The topological polar surface area (TPSA) is 114 Å². The molecule has 8 heteroatoms. The third kappa shape index (κ3) is 5.18. The molecule has 2 amide bonds. The molecule has 1 aromatic rings. The first kappa shape index (κ1) is 19.3. The van der Waals surface area contributed by atoms with Crippen molar-refractivity contribution in [2.24, 2.45) is 5.10 Å².